The number of nitrogens with zero attached hydrogens (tertiary/aromatic N) is 3. The van der Waals surface area contributed by atoms with E-state index in [4.69, 9.17) is 4.74 Å². The monoisotopic (exact) mass is 263 g/mol. The fourth-order valence-corrected chi connectivity index (χ4v) is 2.11. The number of ether oxygens (including phenoxy) is 1. The van der Waals surface area contributed by atoms with Gasteiger partial charge in [-0.25, -0.2) is 0 Å². The summed E-state index contributed by atoms with van der Waals surface area (Å²) in [5.74, 6) is 0.850. The lowest BCUT2D eigenvalue weighted by molar-refractivity contribution is 0.159. The van der Waals surface area contributed by atoms with E-state index in [1.807, 2.05) is 19.1 Å². The topological polar surface area (TPSA) is 48.3 Å². The first-order valence-electron chi connectivity index (χ1n) is 6.46. The summed E-state index contributed by atoms with van der Waals surface area (Å²) in [4.78, 5) is 2.28. The fourth-order valence-electron chi connectivity index (χ4n) is 2.11. The number of rotatable bonds is 3. The highest BCUT2D eigenvalue weighted by Crippen LogP contribution is 2.24. The minimum absolute atomic E-state index is 0.203. The van der Waals surface area contributed by atoms with E-state index >= 15 is 0 Å². The normalized spacial score (nSPS) is 17.6. The van der Waals surface area contributed by atoms with Gasteiger partial charge in [0.1, 0.15) is 11.5 Å². The van der Waals surface area contributed by atoms with Gasteiger partial charge in [-0.2, -0.15) is 5.10 Å². The van der Waals surface area contributed by atoms with Crippen LogP contribution in [0.5, 0.6) is 11.5 Å². The van der Waals surface area contributed by atoms with Crippen LogP contribution >= 0.6 is 0 Å². The zero-order valence-corrected chi connectivity index (χ0v) is 11.8. The second-order valence-corrected chi connectivity index (χ2v) is 4.83. The molecule has 1 N–H and O–H groups in total. The number of benzene rings is 1. The Hall–Kier alpha value is -1.75. The van der Waals surface area contributed by atoms with Gasteiger partial charge in [-0.05, 0) is 26.1 Å². The molecule has 1 aliphatic rings. The second-order valence-electron chi connectivity index (χ2n) is 4.83. The highest BCUT2D eigenvalue weighted by molar-refractivity contribution is 6.01. The third-order valence-corrected chi connectivity index (χ3v) is 3.37. The maximum Gasteiger partial charge on any atom is 0.128 e. The molecule has 1 aliphatic heterocycles. The summed E-state index contributed by atoms with van der Waals surface area (Å²) in [6.07, 6.45) is 0. The first kappa shape index (κ1) is 13.7. The Balaban J connectivity index is 2.12. The van der Waals surface area contributed by atoms with Crippen LogP contribution in [0.15, 0.2) is 23.3 Å². The molecule has 19 heavy (non-hydrogen) atoms. The molecule has 104 valence electrons. The number of phenols is 1. The first-order chi connectivity index (χ1) is 9.10. The predicted molar refractivity (Wildman–Crippen MR) is 75.9 cm³/mol. The fraction of sp³-hybridized carbons (Fsp3) is 0.500. The molecular formula is C14H21N3O2. The molecule has 0 atom stereocenters. The Kier molecular flexibility index (Phi) is 4.27. The second kappa shape index (κ2) is 5.93. The van der Waals surface area contributed by atoms with Crippen molar-refractivity contribution in [2.45, 2.75) is 6.92 Å². The SMILES string of the molecule is COc1ccc(C(C)=NN2CCN(C)CC2)c(O)c1. The summed E-state index contributed by atoms with van der Waals surface area (Å²) in [5.41, 5.74) is 1.57. The van der Waals surface area contributed by atoms with Crippen LogP contribution < -0.4 is 4.74 Å². The van der Waals surface area contributed by atoms with Crippen molar-refractivity contribution in [1.29, 1.82) is 0 Å². The number of likely N-dealkylation sites (N-methyl/N-ethyl adjacent to an activating group) is 1. The summed E-state index contributed by atoms with van der Waals surface area (Å²) in [6, 6.07) is 5.28. The lowest BCUT2D eigenvalue weighted by Gasteiger charge is -2.30. The van der Waals surface area contributed by atoms with Crippen molar-refractivity contribution in [2.24, 2.45) is 5.10 Å². The average Bonchev–Trinajstić information content (AvgIpc) is 2.41. The zero-order valence-electron chi connectivity index (χ0n) is 11.8. The number of methoxy groups -OCH3 is 1. The van der Waals surface area contributed by atoms with Crippen molar-refractivity contribution < 1.29 is 9.84 Å². The van der Waals surface area contributed by atoms with Gasteiger partial charge in [0.2, 0.25) is 0 Å². The predicted octanol–water partition coefficient (Wildman–Crippen LogP) is 1.37. The van der Waals surface area contributed by atoms with Gasteiger partial charge in [-0.1, -0.05) is 0 Å². The molecule has 5 nitrogen and oxygen atoms in total. The van der Waals surface area contributed by atoms with Crippen LogP contribution in [0.2, 0.25) is 0 Å². The van der Waals surface area contributed by atoms with Crippen molar-refractivity contribution in [1.82, 2.24) is 9.91 Å². The van der Waals surface area contributed by atoms with Gasteiger partial charge < -0.3 is 14.7 Å². The Bertz CT molecular complexity index is 466. The van der Waals surface area contributed by atoms with Crippen molar-refractivity contribution in [3.8, 4) is 11.5 Å². The molecule has 5 heteroatoms. The van der Waals surface area contributed by atoms with E-state index in [2.05, 4.69) is 22.1 Å². The number of hydrazone groups is 1. The Morgan fingerprint density at radius 1 is 1.26 bits per heavy atom. The summed E-state index contributed by atoms with van der Waals surface area (Å²) in [5, 5.41) is 16.6. The number of phenolic OH excluding ortho intramolecular Hbond substituents is 1. The van der Waals surface area contributed by atoms with Crippen LogP contribution in [0, 0.1) is 0 Å². The van der Waals surface area contributed by atoms with Gasteiger partial charge in [0.15, 0.2) is 0 Å². The van der Waals surface area contributed by atoms with Crippen LogP contribution in [0.4, 0.5) is 0 Å². The maximum atomic E-state index is 9.98. The van der Waals surface area contributed by atoms with Gasteiger partial charge in [-0.15, -0.1) is 0 Å². The minimum atomic E-state index is 0.203. The van der Waals surface area contributed by atoms with E-state index in [-0.39, 0.29) is 5.75 Å². The summed E-state index contributed by atoms with van der Waals surface area (Å²) < 4.78 is 5.08. The highest BCUT2D eigenvalue weighted by atomic mass is 16.5. The minimum Gasteiger partial charge on any atom is -0.507 e. The van der Waals surface area contributed by atoms with Crippen LogP contribution in [0.3, 0.4) is 0 Å². The molecule has 1 saturated heterocycles. The van der Waals surface area contributed by atoms with Gasteiger partial charge >= 0.3 is 0 Å². The van der Waals surface area contributed by atoms with Crippen LogP contribution in [0.25, 0.3) is 0 Å². The number of hydrogen-bond acceptors (Lipinski definition) is 5. The summed E-state index contributed by atoms with van der Waals surface area (Å²) in [6.45, 7) is 5.80. The van der Waals surface area contributed by atoms with Crippen molar-refractivity contribution in [3.05, 3.63) is 23.8 Å². The quantitative estimate of drug-likeness (QED) is 0.837. The molecule has 1 heterocycles. The molecule has 0 aliphatic carbocycles. The molecule has 1 fully saturated rings. The summed E-state index contributed by atoms with van der Waals surface area (Å²) >= 11 is 0. The lowest BCUT2D eigenvalue weighted by Crippen LogP contribution is -2.42. The molecule has 2 rings (SSSR count). The van der Waals surface area contributed by atoms with E-state index in [0.717, 1.165) is 37.5 Å². The van der Waals surface area contributed by atoms with Crippen LogP contribution in [-0.2, 0) is 0 Å². The van der Waals surface area contributed by atoms with E-state index in [1.165, 1.54) is 0 Å². The van der Waals surface area contributed by atoms with E-state index in [1.54, 1.807) is 13.2 Å². The zero-order chi connectivity index (χ0) is 13.8. The molecule has 0 unspecified atom stereocenters. The van der Waals surface area contributed by atoms with Crippen molar-refractivity contribution in [2.75, 3.05) is 40.3 Å². The Labute approximate surface area is 114 Å². The lowest BCUT2D eigenvalue weighted by atomic mass is 10.1. The van der Waals surface area contributed by atoms with Gasteiger partial charge in [-0.3, -0.25) is 5.01 Å². The average molecular weight is 263 g/mol. The van der Waals surface area contributed by atoms with Crippen LogP contribution in [0.1, 0.15) is 12.5 Å². The molecule has 1 aromatic carbocycles. The Morgan fingerprint density at radius 2 is 1.95 bits per heavy atom. The Morgan fingerprint density at radius 3 is 2.53 bits per heavy atom. The molecule has 0 aromatic heterocycles. The molecule has 0 radical (unpaired) electrons. The summed E-state index contributed by atoms with van der Waals surface area (Å²) in [7, 11) is 3.70. The molecular weight excluding hydrogens is 242 g/mol. The standard InChI is InChI=1S/C14H21N3O2/c1-11(15-17-8-6-16(2)7-9-17)13-5-4-12(19-3)10-14(13)18/h4-5,10,18H,6-9H2,1-3H3. The molecule has 0 amide bonds. The van der Waals surface area contributed by atoms with E-state index < -0.39 is 0 Å². The van der Waals surface area contributed by atoms with Crippen molar-refractivity contribution in [3.63, 3.8) is 0 Å². The smallest absolute Gasteiger partial charge is 0.128 e. The number of aromatic hydroxyl groups is 1. The van der Waals surface area contributed by atoms with Crippen LogP contribution in [-0.4, -0.2) is 61.1 Å². The van der Waals surface area contributed by atoms with Gasteiger partial charge in [0, 0.05) is 37.8 Å². The number of piperazine rings is 1. The first-order valence-corrected chi connectivity index (χ1v) is 6.46. The highest BCUT2D eigenvalue weighted by Gasteiger charge is 2.13. The molecule has 0 bridgehead atoms. The van der Waals surface area contributed by atoms with E-state index in [9.17, 15) is 5.11 Å². The molecule has 0 spiro atoms. The largest absolute Gasteiger partial charge is 0.507 e. The third-order valence-electron chi connectivity index (χ3n) is 3.37. The van der Waals surface area contributed by atoms with E-state index in [0.29, 0.717) is 5.75 Å². The molecule has 1 aromatic rings. The van der Waals surface area contributed by atoms with Gasteiger partial charge in [0.25, 0.3) is 0 Å². The van der Waals surface area contributed by atoms with Gasteiger partial charge in [0.05, 0.1) is 12.8 Å². The van der Waals surface area contributed by atoms with Crippen molar-refractivity contribution >= 4 is 5.71 Å². The third kappa shape index (κ3) is 3.38. The molecule has 0 saturated carbocycles. The number of hydrogen-bond donors (Lipinski definition) is 1. The maximum absolute atomic E-state index is 9.98.